The summed E-state index contributed by atoms with van der Waals surface area (Å²) in [5.41, 5.74) is 2.15. The van der Waals surface area contributed by atoms with E-state index in [-0.39, 0.29) is 6.10 Å². The number of rotatable bonds is 6. The maximum Gasteiger partial charge on any atom is 0.191 e. The van der Waals surface area contributed by atoms with E-state index in [9.17, 15) is 0 Å². The lowest BCUT2D eigenvalue weighted by atomic mass is 10.2. The molecule has 0 spiro atoms. The van der Waals surface area contributed by atoms with Crippen molar-refractivity contribution in [2.75, 3.05) is 0 Å². The molecule has 0 aliphatic carbocycles. The van der Waals surface area contributed by atoms with Gasteiger partial charge in [-0.1, -0.05) is 58.7 Å². The largest absolute Gasteiger partial charge is 0.481 e. The third-order valence-corrected chi connectivity index (χ3v) is 6.12. The maximum absolute atomic E-state index is 6.22. The average Bonchev–Trinajstić information content (AvgIpc) is 3.00. The first-order valence-electron chi connectivity index (χ1n) is 8.24. The summed E-state index contributed by atoms with van der Waals surface area (Å²) in [5, 5.41) is 11.0. The first-order chi connectivity index (χ1) is 12.8. The number of benzene rings is 2. The van der Waals surface area contributed by atoms with Crippen molar-refractivity contribution in [3.8, 4) is 5.75 Å². The highest BCUT2D eigenvalue weighted by Gasteiger charge is 2.18. The molecule has 3 rings (SSSR count). The van der Waals surface area contributed by atoms with Crippen LogP contribution in [0.1, 0.15) is 30.0 Å². The van der Waals surface area contributed by atoms with Crippen LogP contribution in [0.25, 0.3) is 0 Å². The number of halogens is 3. The third-order valence-electron chi connectivity index (χ3n) is 3.97. The standard InChI is InChI=1S/C19H18Cl3N3OS/c1-11-4-6-15(21)17(8-11)26-12(2)18-23-24-19(25(18)3)27-10-13-5-7-14(20)16(22)9-13/h4-9,12H,10H2,1-3H3. The Hall–Kier alpha value is -1.40. The van der Waals surface area contributed by atoms with Crippen molar-refractivity contribution in [1.82, 2.24) is 14.8 Å². The fraction of sp³-hybridized carbons (Fsp3) is 0.263. The Morgan fingerprint density at radius 1 is 1.04 bits per heavy atom. The van der Waals surface area contributed by atoms with Crippen LogP contribution in [0.4, 0.5) is 0 Å². The second-order valence-corrected chi connectivity index (χ2v) is 8.29. The smallest absolute Gasteiger partial charge is 0.191 e. The minimum Gasteiger partial charge on any atom is -0.481 e. The summed E-state index contributed by atoms with van der Waals surface area (Å²) < 4.78 is 7.93. The monoisotopic (exact) mass is 441 g/mol. The minimum atomic E-state index is -0.291. The van der Waals surface area contributed by atoms with Crippen LogP contribution in [0.15, 0.2) is 41.6 Å². The zero-order valence-electron chi connectivity index (χ0n) is 15.0. The highest BCUT2D eigenvalue weighted by molar-refractivity contribution is 7.98. The van der Waals surface area contributed by atoms with E-state index >= 15 is 0 Å². The van der Waals surface area contributed by atoms with Crippen molar-refractivity contribution in [1.29, 1.82) is 0 Å². The Morgan fingerprint density at radius 2 is 1.78 bits per heavy atom. The number of aryl methyl sites for hydroxylation is 1. The van der Waals surface area contributed by atoms with Crippen molar-refractivity contribution in [3.05, 3.63) is 68.4 Å². The van der Waals surface area contributed by atoms with E-state index in [0.29, 0.717) is 26.6 Å². The van der Waals surface area contributed by atoms with Gasteiger partial charge in [0, 0.05) is 12.8 Å². The van der Waals surface area contributed by atoms with E-state index in [1.807, 2.05) is 55.8 Å². The van der Waals surface area contributed by atoms with Gasteiger partial charge in [0.25, 0.3) is 0 Å². The zero-order chi connectivity index (χ0) is 19.6. The first-order valence-corrected chi connectivity index (χ1v) is 10.4. The Bertz CT molecular complexity index is 961. The lowest BCUT2D eigenvalue weighted by molar-refractivity contribution is 0.211. The lowest BCUT2D eigenvalue weighted by Crippen LogP contribution is -2.10. The summed E-state index contributed by atoms with van der Waals surface area (Å²) in [6.45, 7) is 3.92. The van der Waals surface area contributed by atoms with Crippen LogP contribution in [0.3, 0.4) is 0 Å². The van der Waals surface area contributed by atoms with Gasteiger partial charge in [0.05, 0.1) is 15.1 Å². The Morgan fingerprint density at radius 3 is 2.52 bits per heavy atom. The summed E-state index contributed by atoms with van der Waals surface area (Å²) in [7, 11) is 1.92. The van der Waals surface area contributed by atoms with E-state index in [1.165, 1.54) is 0 Å². The van der Waals surface area contributed by atoms with Gasteiger partial charge in [0.2, 0.25) is 0 Å². The molecule has 1 aromatic heterocycles. The summed E-state index contributed by atoms with van der Waals surface area (Å²) >= 11 is 19.8. The molecule has 1 unspecified atom stereocenters. The maximum atomic E-state index is 6.22. The lowest BCUT2D eigenvalue weighted by Gasteiger charge is -2.15. The van der Waals surface area contributed by atoms with Gasteiger partial charge in [-0.25, -0.2) is 0 Å². The minimum absolute atomic E-state index is 0.291. The van der Waals surface area contributed by atoms with E-state index in [2.05, 4.69) is 10.2 Å². The van der Waals surface area contributed by atoms with Crippen LogP contribution in [-0.2, 0) is 12.8 Å². The van der Waals surface area contributed by atoms with Gasteiger partial charge in [-0.05, 0) is 49.2 Å². The van der Waals surface area contributed by atoms with Crippen LogP contribution >= 0.6 is 46.6 Å². The highest BCUT2D eigenvalue weighted by Crippen LogP contribution is 2.31. The Kier molecular flexibility index (Phi) is 6.58. The summed E-state index contributed by atoms with van der Waals surface area (Å²) in [5.74, 6) is 2.07. The van der Waals surface area contributed by atoms with Crippen LogP contribution in [0.5, 0.6) is 5.75 Å². The summed E-state index contributed by atoms with van der Waals surface area (Å²) in [4.78, 5) is 0. The Labute approximate surface area is 177 Å². The predicted molar refractivity (Wildman–Crippen MR) is 112 cm³/mol. The van der Waals surface area contributed by atoms with Crippen molar-refractivity contribution >= 4 is 46.6 Å². The van der Waals surface area contributed by atoms with E-state index in [0.717, 1.165) is 22.1 Å². The molecule has 0 bridgehead atoms. The second-order valence-electron chi connectivity index (χ2n) is 6.13. The van der Waals surface area contributed by atoms with E-state index in [1.54, 1.807) is 17.8 Å². The molecule has 2 aromatic carbocycles. The van der Waals surface area contributed by atoms with Gasteiger partial charge in [-0.2, -0.15) is 0 Å². The zero-order valence-corrected chi connectivity index (χ0v) is 18.1. The molecule has 0 saturated carbocycles. The average molecular weight is 443 g/mol. The van der Waals surface area contributed by atoms with Crippen LogP contribution in [0.2, 0.25) is 15.1 Å². The molecular weight excluding hydrogens is 425 g/mol. The van der Waals surface area contributed by atoms with Crippen molar-refractivity contribution < 1.29 is 4.74 Å². The van der Waals surface area contributed by atoms with Crippen LogP contribution in [0, 0.1) is 6.92 Å². The van der Waals surface area contributed by atoms with E-state index < -0.39 is 0 Å². The molecule has 3 aromatic rings. The number of hydrogen-bond donors (Lipinski definition) is 0. The number of hydrogen-bond acceptors (Lipinski definition) is 4. The molecule has 0 radical (unpaired) electrons. The van der Waals surface area contributed by atoms with Crippen molar-refractivity contribution in [2.45, 2.75) is 30.9 Å². The molecule has 0 aliphatic rings. The molecule has 4 nitrogen and oxygen atoms in total. The van der Waals surface area contributed by atoms with Crippen LogP contribution in [-0.4, -0.2) is 14.8 Å². The summed E-state index contributed by atoms with van der Waals surface area (Å²) in [6, 6.07) is 11.3. The van der Waals surface area contributed by atoms with Gasteiger partial charge in [0.15, 0.2) is 17.1 Å². The van der Waals surface area contributed by atoms with Gasteiger partial charge in [-0.3, -0.25) is 0 Å². The second kappa shape index (κ2) is 8.74. The first kappa shape index (κ1) is 20.3. The number of thioether (sulfide) groups is 1. The molecule has 27 heavy (non-hydrogen) atoms. The number of aromatic nitrogens is 3. The third kappa shape index (κ3) is 4.91. The highest BCUT2D eigenvalue weighted by atomic mass is 35.5. The normalized spacial score (nSPS) is 12.2. The molecule has 0 aliphatic heterocycles. The van der Waals surface area contributed by atoms with E-state index in [4.69, 9.17) is 39.5 Å². The SMILES string of the molecule is Cc1ccc(Cl)c(OC(C)c2nnc(SCc3ccc(Cl)c(Cl)c3)n2C)c1. The molecule has 1 atom stereocenters. The molecule has 0 amide bonds. The molecule has 0 saturated heterocycles. The molecule has 1 heterocycles. The molecule has 8 heteroatoms. The quantitative estimate of drug-likeness (QED) is 0.408. The molecule has 0 N–H and O–H groups in total. The Balaban J connectivity index is 1.70. The number of nitrogens with zero attached hydrogens (tertiary/aromatic N) is 3. The molecule has 142 valence electrons. The van der Waals surface area contributed by atoms with Crippen molar-refractivity contribution in [3.63, 3.8) is 0 Å². The van der Waals surface area contributed by atoms with Crippen LogP contribution < -0.4 is 4.74 Å². The summed E-state index contributed by atoms with van der Waals surface area (Å²) in [6.07, 6.45) is -0.291. The predicted octanol–water partition coefficient (Wildman–Crippen LogP) is 6.52. The fourth-order valence-electron chi connectivity index (χ4n) is 2.53. The molecular formula is C19H18Cl3N3OS. The van der Waals surface area contributed by atoms with Crippen molar-refractivity contribution in [2.24, 2.45) is 7.05 Å². The van der Waals surface area contributed by atoms with Gasteiger partial charge < -0.3 is 9.30 Å². The topological polar surface area (TPSA) is 39.9 Å². The van der Waals surface area contributed by atoms with Gasteiger partial charge >= 0.3 is 0 Å². The number of ether oxygens (including phenoxy) is 1. The fourth-order valence-corrected chi connectivity index (χ4v) is 3.87. The molecule has 0 fully saturated rings. The van der Waals surface area contributed by atoms with Gasteiger partial charge in [0.1, 0.15) is 5.75 Å². The van der Waals surface area contributed by atoms with Gasteiger partial charge in [-0.15, -0.1) is 10.2 Å².